The molecule has 0 aliphatic carbocycles. The molecule has 1 aromatic carbocycles. The number of aryl methyl sites for hydroxylation is 2. The van der Waals surface area contributed by atoms with Gasteiger partial charge in [0.15, 0.2) is 5.89 Å². The molecule has 4 aromatic rings. The van der Waals surface area contributed by atoms with Gasteiger partial charge in [0.1, 0.15) is 5.82 Å². The molecule has 0 aliphatic heterocycles. The summed E-state index contributed by atoms with van der Waals surface area (Å²) in [6.45, 7) is 7.46. The first kappa shape index (κ1) is 18.8. The van der Waals surface area contributed by atoms with Gasteiger partial charge in [-0.3, -0.25) is 9.20 Å². The lowest BCUT2D eigenvalue weighted by molar-refractivity contribution is 0.0994. The first-order valence-corrected chi connectivity index (χ1v) is 9.23. The zero-order valence-corrected chi connectivity index (χ0v) is 16.5. The molecule has 7 nitrogen and oxygen atoms in total. The molecule has 29 heavy (non-hydrogen) atoms. The summed E-state index contributed by atoms with van der Waals surface area (Å²) in [5.74, 6) is 0.407. The lowest BCUT2D eigenvalue weighted by atomic mass is 10.1. The summed E-state index contributed by atoms with van der Waals surface area (Å²) in [4.78, 5) is 25.5. The summed E-state index contributed by atoms with van der Waals surface area (Å²) < 4.78 is 21.6. The summed E-state index contributed by atoms with van der Waals surface area (Å²) >= 11 is 0. The minimum atomic E-state index is -0.445. The average molecular weight is 393 g/mol. The van der Waals surface area contributed by atoms with Gasteiger partial charge < -0.3 is 9.73 Å². The first-order chi connectivity index (χ1) is 13.8. The number of amides is 1. The molecule has 0 aliphatic rings. The molecule has 0 saturated carbocycles. The van der Waals surface area contributed by atoms with E-state index in [0.717, 1.165) is 5.69 Å². The van der Waals surface area contributed by atoms with E-state index < -0.39 is 11.7 Å². The minimum absolute atomic E-state index is 0.131. The lowest BCUT2D eigenvalue weighted by Crippen LogP contribution is -2.12. The summed E-state index contributed by atoms with van der Waals surface area (Å²) in [6, 6.07) is 6.23. The van der Waals surface area contributed by atoms with Crippen LogP contribution in [0.3, 0.4) is 0 Å². The zero-order chi connectivity index (χ0) is 20.7. The number of halogens is 1. The Hall–Kier alpha value is -3.55. The average Bonchev–Trinajstić information content (AvgIpc) is 3.24. The molecular formula is C21H20FN5O2. The fourth-order valence-corrected chi connectivity index (χ4v) is 3.07. The molecule has 148 valence electrons. The maximum absolute atomic E-state index is 14.5. The van der Waals surface area contributed by atoms with Crippen molar-refractivity contribution in [3.05, 3.63) is 65.5 Å². The second kappa shape index (κ2) is 7.12. The monoisotopic (exact) mass is 393 g/mol. The van der Waals surface area contributed by atoms with E-state index in [-0.39, 0.29) is 17.2 Å². The summed E-state index contributed by atoms with van der Waals surface area (Å²) in [5.41, 5.74) is 2.53. The largest absolute Gasteiger partial charge is 0.436 e. The molecule has 3 heterocycles. The van der Waals surface area contributed by atoms with Gasteiger partial charge in [0.25, 0.3) is 5.91 Å². The molecule has 0 radical (unpaired) electrons. The van der Waals surface area contributed by atoms with Gasteiger partial charge in [-0.2, -0.15) is 0 Å². The van der Waals surface area contributed by atoms with Crippen LogP contribution in [0.25, 0.3) is 17.0 Å². The van der Waals surface area contributed by atoms with E-state index in [1.807, 2.05) is 26.1 Å². The van der Waals surface area contributed by atoms with Crippen molar-refractivity contribution in [2.45, 2.75) is 33.6 Å². The Labute approximate surface area is 166 Å². The van der Waals surface area contributed by atoms with Crippen LogP contribution in [0.1, 0.15) is 47.6 Å². The number of fused-ring (bicyclic) bond motifs is 1. The fourth-order valence-electron chi connectivity index (χ4n) is 3.07. The predicted molar refractivity (Wildman–Crippen MR) is 106 cm³/mol. The van der Waals surface area contributed by atoms with E-state index in [4.69, 9.17) is 4.42 Å². The molecule has 1 N–H and O–H groups in total. The number of rotatable bonds is 4. The van der Waals surface area contributed by atoms with Gasteiger partial charge in [-0.1, -0.05) is 13.8 Å². The third-order valence-corrected chi connectivity index (χ3v) is 4.55. The quantitative estimate of drug-likeness (QED) is 0.551. The number of hydrogen-bond acceptors (Lipinski definition) is 5. The molecule has 3 aromatic heterocycles. The van der Waals surface area contributed by atoms with Crippen LogP contribution in [0.2, 0.25) is 0 Å². The number of nitrogens with one attached hydrogen (secondary N) is 1. The molecule has 0 saturated heterocycles. The van der Waals surface area contributed by atoms with Crippen LogP contribution in [-0.4, -0.2) is 25.3 Å². The second-order valence-corrected chi connectivity index (χ2v) is 7.14. The van der Waals surface area contributed by atoms with Crippen LogP contribution >= 0.6 is 0 Å². The number of imidazole rings is 1. The highest BCUT2D eigenvalue weighted by molar-refractivity contribution is 6.03. The summed E-state index contributed by atoms with van der Waals surface area (Å²) in [5, 5.41) is 2.72. The van der Waals surface area contributed by atoms with Gasteiger partial charge in [0.2, 0.25) is 11.5 Å². The van der Waals surface area contributed by atoms with Crippen molar-refractivity contribution in [3.63, 3.8) is 0 Å². The van der Waals surface area contributed by atoms with E-state index in [2.05, 4.69) is 20.3 Å². The van der Waals surface area contributed by atoms with Crippen LogP contribution in [0.15, 0.2) is 41.1 Å². The molecule has 0 spiro atoms. The zero-order valence-electron chi connectivity index (χ0n) is 16.5. The Morgan fingerprint density at radius 3 is 2.66 bits per heavy atom. The molecule has 8 heteroatoms. The van der Waals surface area contributed by atoms with Crippen LogP contribution in [0, 0.1) is 19.7 Å². The number of hydrogen-bond donors (Lipinski definition) is 1. The third kappa shape index (κ3) is 3.61. The molecule has 0 fully saturated rings. The first-order valence-electron chi connectivity index (χ1n) is 9.23. The van der Waals surface area contributed by atoms with Gasteiger partial charge in [-0.25, -0.2) is 19.3 Å². The molecule has 4 rings (SSSR count). The smallest absolute Gasteiger partial charge is 0.293 e. The van der Waals surface area contributed by atoms with E-state index in [0.29, 0.717) is 28.7 Å². The number of benzene rings is 1. The standard InChI is InChI=1S/C21H20FN5O2/c1-11(2)17-7-8-27-10-18(26-21(27)25-17)15-9-14(5-6-16(15)22)24-20(28)19-12(3)23-13(4)29-19/h5-11H,1-4H3,(H,24,28). The van der Waals surface area contributed by atoms with Crippen LogP contribution in [0.5, 0.6) is 0 Å². The number of carbonyl (C=O) groups is 1. The Balaban J connectivity index is 1.67. The topological polar surface area (TPSA) is 85.3 Å². The van der Waals surface area contributed by atoms with Crippen molar-refractivity contribution in [2.24, 2.45) is 0 Å². The molecule has 1 amide bonds. The highest BCUT2D eigenvalue weighted by Gasteiger charge is 2.18. The second-order valence-electron chi connectivity index (χ2n) is 7.14. The lowest BCUT2D eigenvalue weighted by Gasteiger charge is -2.06. The van der Waals surface area contributed by atoms with E-state index in [1.54, 1.807) is 24.4 Å². The van der Waals surface area contributed by atoms with Gasteiger partial charge in [0, 0.05) is 36.3 Å². The van der Waals surface area contributed by atoms with Gasteiger partial charge >= 0.3 is 0 Å². The number of carbonyl (C=O) groups excluding carboxylic acids is 1. The number of oxazole rings is 1. The van der Waals surface area contributed by atoms with Crippen molar-refractivity contribution in [1.82, 2.24) is 19.4 Å². The SMILES string of the molecule is Cc1nc(C)c(C(=O)Nc2ccc(F)c(-c3cn4ccc(C(C)C)nc4n3)c2)o1. The minimum Gasteiger partial charge on any atom is -0.436 e. The Morgan fingerprint density at radius 1 is 1.17 bits per heavy atom. The van der Waals surface area contributed by atoms with Gasteiger partial charge in [-0.15, -0.1) is 0 Å². The van der Waals surface area contributed by atoms with Gasteiger partial charge in [0.05, 0.1) is 11.4 Å². The molecular weight excluding hydrogens is 373 g/mol. The Bertz CT molecular complexity index is 1230. The molecule has 0 bridgehead atoms. The molecule has 0 unspecified atom stereocenters. The van der Waals surface area contributed by atoms with Crippen molar-refractivity contribution in [1.29, 1.82) is 0 Å². The van der Waals surface area contributed by atoms with Crippen LogP contribution in [-0.2, 0) is 0 Å². The summed E-state index contributed by atoms with van der Waals surface area (Å²) in [6.07, 6.45) is 3.56. The third-order valence-electron chi connectivity index (χ3n) is 4.55. The number of aromatic nitrogens is 4. The van der Waals surface area contributed by atoms with Crippen molar-refractivity contribution < 1.29 is 13.6 Å². The van der Waals surface area contributed by atoms with Crippen LogP contribution < -0.4 is 5.32 Å². The van der Waals surface area contributed by atoms with Gasteiger partial charge in [-0.05, 0) is 37.1 Å². The fraction of sp³-hybridized carbons (Fsp3) is 0.238. The summed E-state index contributed by atoms with van der Waals surface area (Å²) in [7, 11) is 0. The normalized spacial score (nSPS) is 11.4. The van der Waals surface area contributed by atoms with Crippen LogP contribution in [0.4, 0.5) is 10.1 Å². The Morgan fingerprint density at radius 2 is 1.97 bits per heavy atom. The number of nitrogens with zero attached hydrogens (tertiary/aromatic N) is 4. The van der Waals surface area contributed by atoms with Crippen molar-refractivity contribution in [2.75, 3.05) is 5.32 Å². The number of anilines is 1. The van der Waals surface area contributed by atoms with E-state index in [9.17, 15) is 9.18 Å². The van der Waals surface area contributed by atoms with E-state index >= 15 is 0 Å². The predicted octanol–water partition coefficient (Wildman–Crippen LogP) is 4.52. The van der Waals surface area contributed by atoms with Crippen molar-refractivity contribution >= 4 is 17.4 Å². The maximum Gasteiger partial charge on any atom is 0.293 e. The maximum atomic E-state index is 14.5. The Kier molecular flexibility index (Phi) is 4.62. The van der Waals surface area contributed by atoms with E-state index in [1.165, 1.54) is 18.2 Å². The molecule has 0 atom stereocenters. The highest BCUT2D eigenvalue weighted by atomic mass is 19.1. The van der Waals surface area contributed by atoms with Crippen molar-refractivity contribution in [3.8, 4) is 11.3 Å². The highest BCUT2D eigenvalue weighted by Crippen LogP contribution is 2.26.